The number of hydrogen-bond acceptors (Lipinski definition) is 3. The number of nitrogens with one attached hydrogen (secondary N) is 2. The van der Waals surface area contributed by atoms with Gasteiger partial charge in [0, 0.05) is 17.0 Å². The highest BCUT2D eigenvalue weighted by Gasteiger charge is 2.24. The van der Waals surface area contributed by atoms with E-state index in [1.54, 1.807) is 12.1 Å². The molecule has 0 saturated carbocycles. The molecule has 1 aromatic carbocycles. The topological polar surface area (TPSA) is 41.1 Å². The van der Waals surface area contributed by atoms with E-state index >= 15 is 0 Å². The summed E-state index contributed by atoms with van der Waals surface area (Å²) in [5.74, 6) is -0.137. The SMILES string of the molecule is CSc1cc(C(=O)NC2CCCNC2C)c(Cl)cc1Cl. The van der Waals surface area contributed by atoms with Crippen LogP contribution in [0.4, 0.5) is 0 Å². The molecule has 0 bridgehead atoms. The highest BCUT2D eigenvalue weighted by atomic mass is 35.5. The molecule has 1 aliphatic heterocycles. The van der Waals surface area contributed by atoms with Crippen molar-refractivity contribution in [3.63, 3.8) is 0 Å². The van der Waals surface area contributed by atoms with Gasteiger partial charge in [0.15, 0.2) is 0 Å². The van der Waals surface area contributed by atoms with E-state index in [4.69, 9.17) is 23.2 Å². The van der Waals surface area contributed by atoms with Gasteiger partial charge in [0.2, 0.25) is 0 Å². The molecule has 0 radical (unpaired) electrons. The van der Waals surface area contributed by atoms with Crippen molar-refractivity contribution in [1.82, 2.24) is 10.6 Å². The Morgan fingerprint density at radius 3 is 2.80 bits per heavy atom. The summed E-state index contributed by atoms with van der Waals surface area (Å²) >= 11 is 13.7. The minimum atomic E-state index is -0.137. The van der Waals surface area contributed by atoms with Gasteiger partial charge < -0.3 is 10.6 Å². The van der Waals surface area contributed by atoms with Crippen molar-refractivity contribution >= 4 is 40.9 Å². The summed E-state index contributed by atoms with van der Waals surface area (Å²) in [5, 5.41) is 7.39. The van der Waals surface area contributed by atoms with E-state index in [9.17, 15) is 4.79 Å². The van der Waals surface area contributed by atoms with E-state index in [1.807, 2.05) is 6.26 Å². The van der Waals surface area contributed by atoms with Crippen LogP contribution in [0.2, 0.25) is 10.0 Å². The lowest BCUT2D eigenvalue weighted by atomic mass is 9.99. The minimum absolute atomic E-state index is 0.137. The van der Waals surface area contributed by atoms with E-state index in [0.29, 0.717) is 15.6 Å². The van der Waals surface area contributed by atoms with Crippen molar-refractivity contribution in [3.8, 4) is 0 Å². The number of halogens is 2. The van der Waals surface area contributed by atoms with Crippen molar-refractivity contribution in [2.24, 2.45) is 0 Å². The Balaban J connectivity index is 2.16. The van der Waals surface area contributed by atoms with Gasteiger partial charge in [-0.3, -0.25) is 4.79 Å². The van der Waals surface area contributed by atoms with Crippen LogP contribution in [0.1, 0.15) is 30.1 Å². The van der Waals surface area contributed by atoms with E-state index in [0.717, 1.165) is 24.3 Å². The van der Waals surface area contributed by atoms with Gasteiger partial charge in [-0.2, -0.15) is 0 Å². The molecular weight excluding hydrogens is 315 g/mol. The van der Waals surface area contributed by atoms with Crippen molar-refractivity contribution in [1.29, 1.82) is 0 Å². The number of rotatable bonds is 3. The molecule has 0 aromatic heterocycles. The molecule has 1 saturated heterocycles. The molecule has 0 aliphatic carbocycles. The van der Waals surface area contributed by atoms with Gasteiger partial charge in [-0.25, -0.2) is 0 Å². The second kappa shape index (κ2) is 7.03. The van der Waals surface area contributed by atoms with Crippen LogP contribution in [0.3, 0.4) is 0 Å². The van der Waals surface area contributed by atoms with Crippen LogP contribution < -0.4 is 10.6 Å². The third-order valence-corrected chi connectivity index (χ3v) is 5.08. The Morgan fingerprint density at radius 1 is 1.40 bits per heavy atom. The first-order valence-electron chi connectivity index (χ1n) is 6.60. The lowest BCUT2D eigenvalue weighted by Crippen LogP contribution is -2.51. The molecule has 2 N–H and O–H groups in total. The van der Waals surface area contributed by atoms with Gasteiger partial charge in [0.05, 0.1) is 15.6 Å². The van der Waals surface area contributed by atoms with E-state index in [-0.39, 0.29) is 18.0 Å². The second-order valence-corrected chi connectivity index (χ2v) is 6.59. The molecule has 1 fully saturated rings. The maximum atomic E-state index is 12.4. The van der Waals surface area contributed by atoms with Gasteiger partial charge in [-0.05, 0) is 44.7 Å². The zero-order chi connectivity index (χ0) is 14.7. The molecular formula is C14H18Cl2N2OS. The van der Waals surface area contributed by atoms with Gasteiger partial charge >= 0.3 is 0 Å². The second-order valence-electron chi connectivity index (χ2n) is 4.93. The summed E-state index contributed by atoms with van der Waals surface area (Å²) in [6.07, 6.45) is 3.98. The first-order valence-corrected chi connectivity index (χ1v) is 8.58. The highest BCUT2D eigenvalue weighted by molar-refractivity contribution is 7.98. The van der Waals surface area contributed by atoms with Gasteiger partial charge in [0.1, 0.15) is 0 Å². The summed E-state index contributed by atoms with van der Waals surface area (Å²) in [7, 11) is 0. The van der Waals surface area contributed by atoms with Gasteiger partial charge in [-0.15, -0.1) is 11.8 Å². The molecule has 1 aliphatic rings. The molecule has 3 nitrogen and oxygen atoms in total. The third kappa shape index (κ3) is 3.61. The van der Waals surface area contributed by atoms with Crippen LogP contribution in [-0.2, 0) is 0 Å². The minimum Gasteiger partial charge on any atom is -0.348 e. The standard InChI is InChI=1S/C14H18Cl2N2OS/c1-8-12(4-3-5-17-8)18-14(19)9-6-13(20-2)11(16)7-10(9)15/h6-8,12,17H,3-5H2,1-2H3,(H,18,19). The molecule has 1 heterocycles. The zero-order valence-corrected chi connectivity index (χ0v) is 13.8. The molecule has 20 heavy (non-hydrogen) atoms. The Bertz CT molecular complexity index is 510. The number of benzene rings is 1. The highest BCUT2D eigenvalue weighted by Crippen LogP contribution is 2.31. The van der Waals surface area contributed by atoms with Crippen molar-refractivity contribution in [3.05, 3.63) is 27.7 Å². The Hall–Kier alpha value is -0.420. The maximum absolute atomic E-state index is 12.4. The summed E-state index contributed by atoms with van der Waals surface area (Å²) in [6.45, 7) is 3.09. The fraction of sp³-hybridized carbons (Fsp3) is 0.500. The average Bonchev–Trinajstić information content (AvgIpc) is 2.41. The quantitative estimate of drug-likeness (QED) is 0.831. The first kappa shape index (κ1) is 16.0. The zero-order valence-electron chi connectivity index (χ0n) is 11.5. The molecule has 0 spiro atoms. The number of carbonyl (C=O) groups is 1. The van der Waals surface area contributed by atoms with E-state index in [2.05, 4.69) is 17.6 Å². The average molecular weight is 333 g/mol. The molecule has 2 rings (SSSR count). The Morgan fingerprint density at radius 2 is 2.15 bits per heavy atom. The fourth-order valence-corrected chi connectivity index (χ4v) is 3.54. The molecule has 1 aromatic rings. The van der Waals surface area contributed by atoms with Gasteiger partial charge in [-0.1, -0.05) is 23.2 Å². The van der Waals surface area contributed by atoms with Crippen LogP contribution >= 0.6 is 35.0 Å². The molecule has 1 amide bonds. The Kier molecular flexibility index (Phi) is 5.61. The number of thioether (sulfide) groups is 1. The maximum Gasteiger partial charge on any atom is 0.253 e. The summed E-state index contributed by atoms with van der Waals surface area (Å²) in [4.78, 5) is 13.2. The van der Waals surface area contributed by atoms with E-state index in [1.165, 1.54) is 11.8 Å². The molecule has 2 atom stereocenters. The lowest BCUT2D eigenvalue weighted by Gasteiger charge is -2.30. The fourth-order valence-electron chi connectivity index (χ4n) is 2.35. The van der Waals surface area contributed by atoms with Crippen LogP contribution in [0, 0.1) is 0 Å². The van der Waals surface area contributed by atoms with Crippen LogP contribution in [0.25, 0.3) is 0 Å². The first-order chi connectivity index (χ1) is 9.52. The van der Waals surface area contributed by atoms with Crippen LogP contribution in [0.15, 0.2) is 17.0 Å². The van der Waals surface area contributed by atoms with Gasteiger partial charge in [0.25, 0.3) is 5.91 Å². The third-order valence-electron chi connectivity index (χ3n) is 3.56. The predicted molar refractivity (Wildman–Crippen MR) is 86.2 cm³/mol. The number of amides is 1. The van der Waals surface area contributed by atoms with E-state index < -0.39 is 0 Å². The molecule has 110 valence electrons. The summed E-state index contributed by atoms with van der Waals surface area (Å²) in [6, 6.07) is 3.80. The molecule has 6 heteroatoms. The Labute approximate surface area is 133 Å². The largest absolute Gasteiger partial charge is 0.348 e. The van der Waals surface area contributed by atoms with Crippen LogP contribution in [0.5, 0.6) is 0 Å². The van der Waals surface area contributed by atoms with Crippen LogP contribution in [-0.4, -0.2) is 30.8 Å². The summed E-state index contributed by atoms with van der Waals surface area (Å²) in [5.41, 5.74) is 0.484. The smallest absolute Gasteiger partial charge is 0.253 e. The molecule has 2 unspecified atom stereocenters. The number of piperidine rings is 1. The monoisotopic (exact) mass is 332 g/mol. The van der Waals surface area contributed by atoms with Crippen molar-refractivity contribution in [2.45, 2.75) is 36.7 Å². The number of hydrogen-bond donors (Lipinski definition) is 2. The normalized spacial score (nSPS) is 22.6. The lowest BCUT2D eigenvalue weighted by molar-refractivity contribution is 0.0920. The predicted octanol–water partition coefficient (Wildman–Crippen LogP) is 3.59. The van der Waals surface area contributed by atoms with Crippen molar-refractivity contribution in [2.75, 3.05) is 12.8 Å². The number of carbonyl (C=O) groups excluding carboxylic acids is 1. The summed E-state index contributed by atoms with van der Waals surface area (Å²) < 4.78 is 0. The van der Waals surface area contributed by atoms with Crippen molar-refractivity contribution < 1.29 is 4.79 Å².